The van der Waals surface area contributed by atoms with Crippen molar-refractivity contribution < 1.29 is 14.7 Å². The first kappa shape index (κ1) is 13.6. The highest BCUT2D eigenvalue weighted by Crippen LogP contribution is 1.98. The Kier molecular flexibility index (Phi) is 5.55. The molecule has 0 aliphatic carbocycles. The van der Waals surface area contributed by atoms with Gasteiger partial charge in [0.05, 0.1) is 17.2 Å². The lowest BCUT2D eigenvalue weighted by Gasteiger charge is -2.02. The van der Waals surface area contributed by atoms with Gasteiger partial charge in [0.25, 0.3) is 0 Å². The molecule has 0 fully saturated rings. The van der Waals surface area contributed by atoms with Crippen molar-refractivity contribution in [2.75, 3.05) is 18.1 Å². The number of thioether (sulfide) groups is 1. The van der Waals surface area contributed by atoms with Crippen molar-refractivity contribution in [3.8, 4) is 0 Å². The van der Waals surface area contributed by atoms with Crippen LogP contribution in [0.2, 0.25) is 0 Å². The lowest BCUT2D eigenvalue weighted by molar-refractivity contribution is -0.133. The summed E-state index contributed by atoms with van der Waals surface area (Å²) in [7, 11) is 1.84. The Balaban J connectivity index is 2.10. The maximum Gasteiger partial charge on any atom is 0.313 e. The Labute approximate surface area is 103 Å². The summed E-state index contributed by atoms with van der Waals surface area (Å²) in [6, 6.07) is 1.89. The fraction of sp³-hybridized carbons (Fsp3) is 0.500. The van der Waals surface area contributed by atoms with Crippen LogP contribution in [0.3, 0.4) is 0 Å². The van der Waals surface area contributed by atoms with E-state index in [4.69, 9.17) is 5.11 Å². The van der Waals surface area contributed by atoms with Crippen molar-refractivity contribution >= 4 is 23.6 Å². The van der Waals surface area contributed by atoms with E-state index in [1.807, 2.05) is 19.3 Å². The molecular weight excluding hydrogens is 242 g/mol. The van der Waals surface area contributed by atoms with Crippen molar-refractivity contribution in [1.29, 1.82) is 0 Å². The number of aryl methyl sites for hydroxylation is 1. The molecule has 1 heterocycles. The number of carbonyl (C=O) groups excluding carboxylic acids is 1. The Morgan fingerprint density at radius 1 is 1.53 bits per heavy atom. The molecule has 0 aromatic carbocycles. The van der Waals surface area contributed by atoms with Crippen molar-refractivity contribution in [2.45, 2.75) is 6.42 Å². The Hall–Kier alpha value is -1.50. The van der Waals surface area contributed by atoms with Crippen LogP contribution in [0.4, 0.5) is 0 Å². The Bertz CT molecular complexity index is 392. The van der Waals surface area contributed by atoms with Gasteiger partial charge in [-0.25, -0.2) is 0 Å². The number of hydrogen-bond donors (Lipinski definition) is 2. The molecule has 1 amide bonds. The molecule has 0 aliphatic rings. The van der Waals surface area contributed by atoms with Crippen LogP contribution in [0.5, 0.6) is 0 Å². The van der Waals surface area contributed by atoms with Crippen molar-refractivity contribution in [3.63, 3.8) is 0 Å². The molecule has 0 saturated carbocycles. The largest absolute Gasteiger partial charge is 0.481 e. The van der Waals surface area contributed by atoms with Gasteiger partial charge in [-0.3, -0.25) is 14.3 Å². The van der Waals surface area contributed by atoms with E-state index in [-0.39, 0.29) is 17.4 Å². The van der Waals surface area contributed by atoms with Crippen LogP contribution in [0.1, 0.15) is 5.69 Å². The van der Waals surface area contributed by atoms with Gasteiger partial charge >= 0.3 is 5.97 Å². The second-order valence-electron chi connectivity index (χ2n) is 3.47. The van der Waals surface area contributed by atoms with Gasteiger partial charge in [-0.05, 0) is 6.07 Å². The first-order chi connectivity index (χ1) is 8.08. The van der Waals surface area contributed by atoms with Crippen molar-refractivity contribution in [2.24, 2.45) is 7.05 Å². The average molecular weight is 257 g/mol. The highest BCUT2D eigenvalue weighted by atomic mass is 32.2. The molecule has 6 nitrogen and oxygen atoms in total. The standard InChI is InChI=1S/C10H15N3O3S/c1-13-5-3-8(12-13)2-4-11-9(14)6-17-7-10(15)16/h3,5H,2,4,6-7H2,1H3,(H,11,14)(H,15,16). The predicted octanol–water partition coefficient (Wildman–Crippen LogP) is -0.103. The molecule has 0 unspecified atom stereocenters. The molecule has 94 valence electrons. The molecule has 1 aromatic heterocycles. The van der Waals surface area contributed by atoms with E-state index in [9.17, 15) is 9.59 Å². The van der Waals surface area contributed by atoms with Gasteiger partial charge in [-0.2, -0.15) is 5.10 Å². The zero-order valence-electron chi connectivity index (χ0n) is 9.55. The number of carboxylic acids is 1. The smallest absolute Gasteiger partial charge is 0.313 e. The van der Waals surface area contributed by atoms with Gasteiger partial charge in [0, 0.05) is 26.2 Å². The zero-order valence-corrected chi connectivity index (χ0v) is 10.4. The fourth-order valence-electron chi connectivity index (χ4n) is 1.21. The van der Waals surface area contributed by atoms with Crippen LogP contribution in [0.15, 0.2) is 12.3 Å². The van der Waals surface area contributed by atoms with Crippen LogP contribution >= 0.6 is 11.8 Å². The fourth-order valence-corrected chi connectivity index (χ4v) is 1.77. The van der Waals surface area contributed by atoms with Crippen LogP contribution < -0.4 is 5.32 Å². The summed E-state index contributed by atoms with van der Waals surface area (Å²) in [5.41, 5.74) is 0.922. The number of aromatic nitrogens is 2. The Morgan fingerprint density at radius 3 is 2.88 bits per heavy atom. The molecule has 0 atom stereocenters. The summed E-state index contributed by atoms with van der Waals surface area (Å²) < 4.78 is 1.71. The van der Waals surface area contributed by atoms with E-state index >= 15 is 0 Å². The summed E-state index contributed by atoms with van der Waals surface area (Å²) in [5.74, 6) is -0.925. The molecule has 1 rings (SSSR count). The molecule has 0 spiro atoms. The molecule has 2 N–H and O–H groups in total. The summed E-state index contributed by atoms with van der Waals surface area (Å²) in [6.07, 6.45) is 2.52. The number of rotatable bonds is 7. The number of nitrogens with one attached hydrogen (secondary N) is 1. The average Bonchev–Trinajstić information content (AvgIpc) is 2.63. The van der Waals surface area contributed by atoms with E-state index in [0.29, 0.717) is 13.0 Å². The molecule has 0 saturated heterocycles. The molecule has 17 heavy (non-hydrogen) atoms. The SMILES string of the molecule is Cn1ccc(CCNC(=O)CSCC(=O)O)n1. The van der Waals surface area contributed by atoms with Gasteiger partial charge in [0.15, 0.2) is 0 Å². The van der Waals surface area contributed by atoms with Gasteiger partial charge in [0.1, 0.15) is 0 Å². The topological polar surface area (TPSA) is 84.2 Å². The summed E-state index contributed by atoms with van der Waals surface area (Å²) in [4.78, 5) is 21.5. The van der Waals surface area contributed by atoms with Crippen LogP contribution in [0.25, 0.3) is 0 Å². The van der Waals surface area contributed by atoms with E-state index in [1.165, 1.54) is 0 Å². The first-order valence-electron chi connectivity index (χ1n) is 5.12. The monoisotopic (exact) mass is 257 g/mol. The number of carboxylic acid groups (broad SMARTS) is 1. The quantitative estimate of drug-likeness (QED) is 0.712. The maximum absolute atomic E-state index is 11.3. The van der Waals surface area contributed by atoms with E-state index in [2.05, 4.69) is 10.4 Å². The molecular formula is C10H15N3O3S. The second kappa shape index (κ2) is 6.95. The normalized spacial score (nSPS) is 10.2. The minimum Gasteiger partial charge on any atom is -0.481 e. The number of carbonyl (C=O) groups is 2. The van der Waals surface area contributed by atoms with Gasteiger partial charge in [0.2, 0.25) is 5.91 Å². The van der Waals surface area contributed by atoms with E-state index in [1.54, 1.807) is 4.68 Å². The van der Waals surface area contributed by atoms with E-state index < -0.39 is 5.97 Å². The van der Waals surface area contributed by atoms with Crippen molar-refractivity contribution in [1.82, 2.24) is 15.1 Å². The first-order valence-corrected chi connectivity index (χ1v) is 6.28. The van der Waals surface area contributed by atoms with Crippen LogP contribution in [-0.4, -0.2) is 44.8 Å². The molecule has 0 aliphatic heterocycles. The molecule has 7 heteroatoms. The summed E-state index contributed by atoms with van der Waals surface area (Å²) in [5, 5.41) is 15.3. The number of aliphatic carboxylic acids is 1. The van der Waals surface area contributed by atoms with Crippen molar-refractivity contribution in [3.05, 3.63) is 18.0 Å². The summed E-state index contributed by atoms with van der Waals surface area (Å²) in [6.45, 7) is 0.517. The minimum atomic E-state index is -0.906. The molecule has 1 aromatic rings. The molecule has 0 bridgehead atoms. The van der Waals surface area contributed by atoms with Gasteiger partial charge < -0.3 is 10.4 Å². The summed E-state index contributed by atoms with van der Waals surface area (Å²) >= 11 is 1.09. The maximum atomic E-state index is 11.3. The lowest BCUT2D eigenvalue weighted by Crippen LogP contribution is -2.27. The third kappa shape index (κ3) is 5.96. The highest BCUT2D eigenvalue weighted by Gasteiger charge is 2.04. The van der Waals surface area contributed by atoms with Crippen LogP contribution in [0, 0.1) is 0 Å². The predicted molar refractivity (Wildman–Crippen MR) is 64.9 cm³/mol. The van der Waals surface area contributed by atoms with Crippen LogP contribution in [-0.2, 0) is 23.1 Å². The molecule has 0 radical (unpaired) electrons. The number of nitrogens with zero attached hydrogens (tertiary/aromatic N) is 2. The zero-order chi connectivity index (χ0) is 12.7. The number of hydrogen-bond acceptors (Lipinski definition) is 4. The van der Waals surface area contributed by atoms with E-state index in [0.717, 1.165) is 17.5 Å². The van der Waals surface area contributed by atoms with Gasteiger partial charge in [-0.1, -0.05) is 0 Å². The van der Waals surface area contributed by atoms with Gasteiger partial charge in [-0.15, -0.1) is 11.8 Å². The Morgan fingerprint density at radius 2 is 2.29 bits per heavy atom. The third-order valence-corrected chi connectivity index (χ3v) is 2.85. The highest BCUT2D eigenvalue weighted by molar-refractivity contribution is 8.00. The third-order valence-electron chi connectivity index (χ3n) is 1.93. The second-order valence-corrected chi connectivity index (χ2v) is 4.45. The minimum absolute atomic E-state index is 0.0480. The lowest BCUT2D eigenvalue weighted by atomic mass is 10.3. The number of amides is 1.